The van der Waals surface area contributed by atoms with Gasteiger partial charge in [-0.25, -0.2) is 0 Å². The van der Waals surface area contributed by atoms with Crippen molar-refractivity contribution < 1.29 is 0 Å². The number of para-hydroxylation sites is 1. The molecule has 1 aliphatic rings. The lowest BCUT2D eigenvalue weighted by Crippen LogP contribution is -2.37. The number of likely N-dealkylation sites (N-methyl/N-ethyl adjacent to an activating group) is 1. The maximum Gasteiger partial charge on any atom is 0.124 e. The minimum atomic E-state index is -0.178. The van der Waals surface area contributed by atoms with Gasteiger partial charge >= 0.3 is 0 Å². The van der Waals surface area contributed by atoms with E-state index in [0.717, 1.165) is 12.1 Å². The second-order valence-corrected chi connectivity index (χ2v) is 6.14. The molecule has 2 aromatic rings. The van der Waals surface area contributed by atoms with Gasteiger partial charge in [0.25, 0.3) is 0 Å². The van der Waals surface area contributed by atoms with Crippen molar-refractivity contribution in [3.63, 3.8) is 0 Å². The maximum absolute atomic E-state index is 9.91. The Hall–Kier alpha value is -2.53. The van der Waals surface area contributed by atoms with Gasteiger partial charge in [0, 0.05) is 18.7 Å². The molecule has 1 aliphatic carbocycles. The summed E-state index contributed by atoms with van der Waals surface area (Å²) in [5.74, 6) is 0.589. The highest BCUT2D eigenvalue weighted by atomic mass is 15.1. The Kier molecular flexibility index (Phi) is 4.48. The third-order valence-corrected chi connectivity index (χ3v) is 4.82. The van der Waals surface area contributed by atoms with Crippen LogP contribution in [-0.2, 0) is 6.42 Å². The zero-order valence-corrected chi connectivity index (χ0v) is 13.7. The summed E-state index contributed by atoms with van der Waals surface area (Å²) in [6.07, 6.45) is 5.39. The van der Waals surface area contributed by atoms with Crippen molar-refractivity contribution in [3.05, 3.63) is 77.9 Å². The molecule has 0 fully saturated rings. The van der Waals surface area contributed by atoms with Gasteiger partial charge in [-0.05, 0) is 42.5 Å². The molecule has 0 saturated heterocycles. The molecular formula is C21H22N2. The Morgan fingerprint density at radius 1 is 1.13 bits per heavy atom. The predicted octanol–water partition coefficient (Wildman–Crippen LogP) is 4.55. The van der Waals surface area contributed by atoms with Gasteiger partial charge in [0.2, 0.25) is 0 Å². The summed E-state index contributed by atoms with van der Waals surface area (Å²) in [5, 5.41) is 9.91. The maximum atomic E-state index is 9.91. The van der Waals surface area contributed by atoms with Crippen LogP contribution < -0.4 is 4.90 Å². The number of nitriles is 1. The van der Waals surface area contributed by atoms with E-state index in [1.54, 1.807) is 0 Å². The number of allylic oxidation sites excluding steroid dienone is 2. The van der Waals surface area contributed by atoms with Gasteiger partial charge in [0.1, 0.15) is 6.04 Å². The lowest BCUT2D eigenvalue weighted by molar-refractivity contribution is 0.496. The number of benzene rings is 2. The summed E-state index contributed by atoms with van der Waals surface area (Å²) < 4.78 is 0. The highest BCUT2D eigenvalue weighted by Crippen LogP contribution is 2.42. The molecule has 3 atom stereocenters. The molecule has 0 spiro atoms. The van der Waals surface area contributed by atoms with Crippen molar-refractivity contribution in [3.8, 4) is 6.07 Å². The summed E-state index contributed by atoms with van der Waals surface area (Å²) in [6, 6.07) is 21.1. The molecule has 0 radical (unpaired) electrons. The molecule has 3 rings (SSSR count). The van der Waals surface area contributed by atoms with Crippen molar-refractivity contribution >= 4 is 5.69 Å². The van der Waals surface area contributed by atoms with Crippen LogP contribution in [0.5, 0.6) is 0 Å². The molecule has 0 aromatic heterocycles. The van der Waals surface area contributed by atoms with E-state index in [1.165, 1.54) is 11.1 Å². The average molecular weight is 302 g/mol. The Morgan fingerprint density at radius 2 is 1.83 bits per heavy atom. The van der Waals surface area contributed by atoms with Crippen LogP contribution in [0.3, 0.4) is 0 Å². The number of hydrogen-bond donors (Lipinski definition) is 0. The van der Waals surface area contributed by atoms with Crippen molar-refractivity contribution in [2.24, 2.45) is 5.92 Å². The minimum absolute atomic E-state index is 0.178. The van der Waals surface area contributed by atoms with Gasteiger partial charge in [-0.15, -0.1) is 0 Å². The normalized spacial score (nSPS) is 20.9. The van der Waals surface area contributed by atoms with Crippen molar-refractivity contribution in [2.45, 2.75) is 25.3 Å². The first-order chi connectivity index (χ1) is 11.3. The summed E-state index contributed by atoms with van der Waals surface area (Å²) in [4.78, 5) is 2.11. The molecule has 0 unspecified atom stereocenters. The molecule has 116 valence electrons. The molecule has 0 amide bonds. The topological polar surface area (TPSA) is 27.0 Å². The van der Waals surface area contributed by atoms with Gasteiger partial charge in [0.05, 0.1) is 6.07 Å². The first-order valence-electron chi connectivity index (χ1n) is 8.14. The molecule has 0 saturated carbocycles. The Bertz CT molecular complexity index is 727. The first kappa shape index (κ1) is 15.4. The lowest BCUT2D eigenvalue weighted by atomic mass is 9.85. The van der Waals surface area contributed by atoms with Crippen molar-refractivity contribution in [2.75, 3.05) is 11.9 Å². The van der Waals surface area contributed by atoms with Gasteiger partial charge in [-0.3, -0.25) is 0 Å². The van der Waals surface area contributed by atoms with Crippen LogP contribution in [0.4, 0.5) is 5.69 Å². The van der Waals surface area contributed by atoms with Crippen LogP contribution in [-0.4, -0.2) is 13.1 Å². The fourth-order valence-electron chi connectivity index (χ4n) is 3.73. The van der Waals surface area contributed by atoms with Gasteiger partial charge in [-0.1, -0.05) is 54.6 Å². The Morgan fingerprint density at radius 3 is 2.52 bits per heavy atom. The molecule has 2 aromatic carbocycles. The van der Waals surface area contributed by atoms with E-state index in [4.69, 9.17) is 0 Å². The average Bonchev–Trinajstić information content (AvgIpc) is 2.95. The Labute approximate surface area is 138 Å². The molecule has 23 heavy (non-hydrogen) atoms. The zero-order chi connectivity index (χ0) is 16.2. The SMILES string of the molecule is C/C=C/[C@H]1Cc2ccccc2[C@@H]1[C@H](C#N)N(C)c1ccccc1. The fraction of sp³-hybridized carbons (Fsp3) is 0.286. The van der Waals surface area contributed by atoms with Crippen LogP contribution in [0, 0.1) is 17.2 Å². The molecule has 2 nitrogen and oxygen atoms in total. The van der Waals surface area contributed by atoms with Crippen LogP contribution in [0.2, 0.25) is 0 Å². The van der Waals surface area contributed by atoms with E-state index in [1.807, 2.05) is 25.2 Å². The molecule has 0 aliphatic heterocycles. The molecule has 0 bridgehead atoms. The Balaban J connectivity index is 2.00. The van der Waals surface area contributed by atoms with Crippen LogP contribution in [0.15, 0.2) is 66.7 Å². The zero-order valence-electron chi connectivity index (χ0n) is 13.7. The summed E-state index contributed by atoms with van der Waals surface area (Å²) in [7, 11) is 2.02. The highest BCUT2D eigenvalue weighted by Gasteiger charge is 2.38. The van der Waals surface area contributed by atoms with E-state index in [9.17, 15) is 5.26 Å². The number of fused-ring (bicyclic) bond motifs is 1. The summed E-state index contributed by atoms with van der Waals surface area (Å²) in [6.45, 7) is 2.06. The van der Waals surface area contributed by atoms with Crippen LogP contribution >= 0.6 is 0 Å². The van der Waals surface area contributed by atoms with Crippen LogP contribution in [0.1, 0.15) is 24.0 Å². The fourth-order valence-corrected chi connectivity index (χ4v) is 3.73. The van der Waals surface area contributed by atoms with Crippen molar-refractivity contribution in [1.82, 2.24) is 0 Å². The number of hydrogen-bond acceptors (Lipinski definition) is 2. The molecule has 0 heterocycles. The summed E-state index contributed by atoms with van der Waals surface area (Å²) in [5.41, 5.74) is 3.79. The van der Waals surface area contributed by atoms with E-state index in [2.05, 4.69) is 66.4 Å². The highest BCUT2D eigenvalue weighted by molar-refractivity contribution is 5.51. The largest absolute Gasteiger partial charge is 0.358 e. The van der Waals surface area contributed by atoms with E-state index in [-0.39, 0.29) is 12.0 Å². The second kappa shape index (κ2) is 6.71. The third-order valence-electron chi connectivity index (χ3n) is 4.82. The van der Waals surface area contributed by atoms with E-state index >= 15 is 0 Å². The van der Waals surface area contributed by atoms with Gasteiger partial charge in [0.15, 0.2) is 0 Å². The van der Waals surface area contributed by atoms with Crippen molar-refractivity contribution in [1.29, 1.82) is 5.26 Å². The number of anilines is 1. The van der Waals surface area contributed by atoms with E-state index in [0.29, 0.717) is 5.92 Å². The molecular weight excluding hydrogens is 280 g/mol. The monoisotopic (exact) mass is 302 g/mol. The lowest BCUT2D eigenvalue weighted by Gasteiger charge is -2.32. The smallest absolute Gasteiger partial charge is 0.124 e. The van der Waals surface area contributed by atoms with E-state index < -0.39 is 0 Å². The standard InChI is InChI=1S/C21H22N2/c1-3-9-17-14-16-10-7-8-13-19(16)21(17)20(15-22)23(2)18-11-5-4-6-12-18/h3-13,17,20-21H,14H2,1-2H3/b9-3+/t17-,20-,21+/m0/s1. The second-order valence-electron chi connectivity index (χ2n) is 6.14. The number of rotatable bonds is 4. The third kappa shape index (κ3) is 2.87. The molecule has 0 N–H and O–H groups in total. The summed E-state index contributed by atoms with van der Waals surface area (Å²) >= 11 is 0. The molecule has 2 heteroatoms. The van der Waals surface area contributed by atoms with Gasteiger partial charge < -0.3 is 4.90 Å². The quantitative estimate of drug-likeness (QED) is 0.775. The predicted molar refractivity (Wildman–Crippen MR) is 95.4 cm³/mol. The van der Waals surface area contributed by atoms with Gasteiger partial charge in [-0.2, -0.15) is 5.26 Å². The first-order valence-corrected chi connectivity index (χ1v) is 8.14. The number of nitrogens with zero attached hydrogens (tertiary/aromatic N) is 2. The minimum Gasteiger partial charge on any atom is -0.358 e. The van der Waals surface area contributed by atoms with Crippen LogP contribution in [0.25, 0.3) is 0 Å².